The van der Waals surface area contributed by atoms with Crippen LogP contribution < -0.4 is 0 Å². The van der Waals surface area contributed by atoms with Crippen molar-refractivity contribution in [2.24, 2.45) is 0 Å². The van der Waals surface area contributed by atoms with Gasteiger partial charge in [0.05, 0.1) is 0 Å². The monoisotopic (exact) mass is 250 g/mol. The maximum Gasteiger partial charge on any atom is 0.484 e. The summed E-state index contributed by atoms with van der Waals surface area (Å²) in [5.41, 5.74) is 0. The maximum absolute atomic E-state index is 11.8. The zero-order valence-corrected chi connectivity index (χ0v) is 8.41. The lowest BCUT2D eigenvalue weighted by atomic mass is 10.6. The Labute approximate surface area is 82.9 Å². The van der Waals surface area contributed by atoms with Gasteiger partial charge >= 0.3 is 6.30 Å². The molecule has 1 N–H and O–H groups in total. The first-order chi connectivity index (χ1) is 6.05. The van der Waals surface area contributed by atoms with Crippen LogP contribution in [-0.2, 0) is 9.05 Å². The molecule has 0 saturated heterocycles. The van der Waals surface area contributed by atoms with Crippen LogP contribution in [0.4, 0.5) is 13.2 Å². The van der Waals surface area contributed by atoms with Gasteiger partial charge in [0, 0.05) is 23.9 Å². The Morgan fingerprint density at radius 3 is 2.21 bits per heavy atom. The Hall–Kier alpha value is -0.760. The molecule has 0 spiro atoms. The summed E-state index contributed by atoms with van der Waals surface area (Å²) in [5, 5.41) is 5.64. The van der Waals surface area contributed by atoms with Gasteiger partial charge in [0.25, 0.3) is 9.05 Å². The Bertz CT molecular complexity index is 348. The third-order valence-corrected chi connectivity index (χ3v) is 2.27. The third kappa shape index (κ3) is 4.47. The Morgan fingerprint density at radius 1 is 1.50 bits per heavy atom. The molecule has 14 heavy (non-hydrogen) atoms. The number of halogens is 4. The number of hydrogen-bond donors (Lipinski definition) is 1. The van der Waals surface area contributed by atoms with Crippen molar-refractivity contribution < 1.29 is 21.6 Å². The van der Waals surface area contributed by atoms with Crippen LogP contribution in [0.2, 0.25) is 0 Å². The van der Waals surface area contributed by atoms with Gasteiger partial charge in [-0.15, -0.1) is 0 Å². The van der Waals surface area contributed by atoms with Crippen LogP contribution in [0, 0.1) is 5.41 Å². The van der Waals surface area contributed by atoms with Crippen LogP contribution in [0.1, 0.15) is 0 Å². The quantitative estimate of drug-likeness (QED) is 0.350. The lowest BCUT2D eigenvalue weighted by molar-refractivity contribution is -0.218. The molecule has 0 aromatic heterocycles. The molecule has 0 radical (unpaired) electrons. The van der Waals surface area contributed by atoms with Crippen molar-refractivity contribution in [3.05, 3.63) is 12.3 Å². The summed E-state index contributed by atoms with van der Waals surface area (Å²) in [4.78, 5) is -0.205. The highest BCUT2D eigenvalue weighted by molar-refractivity contribution is 8.25. The van der Waals surface area contributed by atoms with E-state index in [-0.39, 0.29) is 4.90 Å². The van der Waals surface area contributed by atoms with E-state index in [2.05, 4.69) is 10.7 Å². The SMILES string of the molecule is CN(/C=C\C(=N)S(=O)(=O)Cl)C(F)(F)F. The summed E-state index contributed by atoms with van der Waals surface area (Å²) >= 11 is 0. The molecule has 9 heteroatoms. The molecule has 0 saturated carbocycles. The summed E-state index contributed by atoms with van der Waals surface area (Å²) in [6.07, 6.45) is -3.79. The average molecular weight is 251 g/mol. The summed E-state index contributed by atoms with van der Waals surface area (Å²) in [6, 6.07) is 0. The van der Waals surface area contributed by atoms with Crippen molar-refractivity contribution >= 4 is 24.8 Å². The number of nitrogens with one attached hydrogen (secondary N) is 1. The van der Waals surface area contributed by atoms with E-state index in [1.54, 1.807) is 0 Å². The summed E-state index contributed by atoms with van der Waals surface area (Å²) in [5.74, 6) is 0. The topological polar surface area (TPSA) is 61.2 Å². The highest BCUT2D eigenvalue weighted by Gasteiger charge is 2.31. The van der Waals surface area contributed by atoms with Crippen LogP contribution in [-0.4, -0.2) is 31.7 Å². The first kappa shape index (κ1) is 13.2. The average Bonchev–Trinajstić information content (AvgIpc) is 1.95. The molecule has 0 bridgehead atoms. The van der Waals surface area contributed by atoms with Crippen LogP contribution in [0.25, 0.3) is 0 Å². The molecule has 4 nitrogen and oxygen atoms in total. The van der Waals surface area contributed by atoms with Crippen LogP contribution in [0.15, 0.2) is 12.3 Å². The smallest absolute Gasteiger partial charge is 0.294 e. The molecule has 0 unspecified atom stereocenters. The molecule has 0 aliphatic heterocycles. The molecule has 0 aliphatic carbocycles. The van der Waals surface area contributed by atoms with Crippen molar-refractivity contribution in [1.82, 2.24) is 4.90 Å². The zero-order chi connectivity index (χ0) is 11.6. The zero-order valence-electron chi connectivity index (χ0n) is 6.84. The lowest BCUT2D eigenvalue weighted by Gasteiger charge is -2.16. The van der Waals surface area contributed by atoms with Crippen molar-refractivity contribution in [2.75, 3.05) is 7.05 Å². The van der Waals surface area contributed by atoms with E-state index in [0.717, 1.165) is 0 Å². The normalized spacial score (nSPS) is 13.2. The fourth-order valence-electron chi connectivity index (χ4n) is 0.345. The summed E-state index contributed by atoms with van der Waals surface area (Å²) < 4.78 is 56.2. The second-order valence-corrected chi connectivity index (χ2v) is 4.73. The third-order valence-electron chi connectivity index (χ3n) is 1.11. The molecule has 0 atom stereocenters. The van der Waals surface area contributed by atoms with Gasteiger partial charge in [0.1, 0.15) is 0 Å². The minimum Gasteiger partial charge on any atom is -0.294 e. The maximum atomic E-state index is 11.8. The summed E-state index contributed by atoms with van der Waals surface area (Å²) in [6.45, 7) is 0. The van der Waals surface area contributed by atoms with Crippen LogP contribution in [0.5, 0.6) is 0 Å². The molecule has 0 fully saturated rings. The van der Waals surface area contributed by atoms with E-state index in [1.807, 2.05) is 0 Å². The minimum absolute atomic E-state index is 0.205. The first-order valence-electron chi connectivity index (χ1n) is 3.06. The largest absolute Gasteiger partial charge is 0.484 e. The standard InChI is InChI=1S/C5H6ClF3N2O2S/c1-11(5(7,8)9)3-2-4(10)14(6,12)13/h2-3,10H,1H3/b3-2-,10-4?. The summed E-state index contributed by atoms with van der Waals surface area (Å²) in [7, 11) is 1.08. The van der Waals surface area contributed by atoms with Gasteiger partial charge in [-0.2, -0.15) is 13.2 Å². The number of hydrogen-bond acceptors (Lipinski definition) is 4. The predicted molar refractivity (Wildman–Crippen MR) is 45.5 cm³/mol. The molecular formula is C5H6ClF3N2O2S. The highest BCUT2D eigenvalue weighted by atomic mass is 35.7. The van der Waals surface area contributed by atoms with Gasteiger partial charge in [-0.3, -0.25) is 10.3 Å². The van der Waals surface area contributed by atoms with Gasteiger partial charge < -0.3 is 0 Å². The fourth-order valence-corrected chi connectivity index (χ4v) is 0.723. The van der Waals surface area contributed by atoms with Gasteiger partial charge in [0.2, 0.25) is 0 Å². The molecule has 82 valence electrons. The van der Waals surface area contributed by atoms with Gasteiger partial charge in [-0.25, -0.2) is 8.42 Å². The van der Waals surface area contributed by atoms with E-state index in [1.165, 1.54) is 0 Å². The Kier molecular flexibility index (Phi) is 3.95. The van der Waals surface area contributed by atoms with E-state index in [0.29, 0.717) is 19.3 Å². The molecule has 0 aliphatic rings. The minimum atomic E-state index is -4.62. The molecule has 0 amide bonds. The number of alkyl halides is 3. The van der Waals surface area contributed by atoms with E-state index < -0.39 is 20.4 Å². The lowest BCUT2D eigenvalue weighted by Crippen LogP contribution is -2.29. The molecule has 0 heterocycles. The fraction of sp³-hybridized carbons (Fsp3) is 0.400. The van der Waals surface area contributed by atoms with Gasteiger partial charge in [-0.05, 0) is 6.08 Å². The molecule has 0 aromatic carbocycles. The van der Waals surface area contributed by atoms with Crippen LogP contribution >= 0.6 is 10.7 Å². The predicted octanol–water partition coefficient (Wildman–Crippen LogP) is 1.50. The number of nitrogens with zero attached hydrogens (tertiary/aromatic N) is 1. The Balaban J connectivity index is 4.57. The molecule has 0 aromatic rings. The first-order valence-corrected chi connectivity index (χ1v) is 5.37. The Morgan fingerprint density at radius 2 is 1.93 bits per heavy atom. The van der Waals surface area contributed by atoms with Crippen LogP contribution in [0.3, 0.4) is 0 Å². The van der Waals surface area contributed by atoms with Gasteiger partial charge in [0.15, 0.2) is 5.04 Å². The van der Waals surface area contributed by atoms with Crippen molar-refractivity contribution in [3.8, 4) is 0 Å². The van der Waals surface area contributed by atoms with E-state index >= 15 is 0 Å². The number of rotatable bonds is 2. The van der Waals surface area contributed by atoms with E-state index in [9.17, 15) is 21.6 Å². The van der Waals surface area contributed by atoms with E-state index in [4.69, 9.17) is 5.41 Å². The second kappa shape index (κ2) is 4.18. The molecule has 0 rings (SSSR count). The van der Waals surface area contributed by atoms with Crippen molar-refractivity contribution in [2.45, 2.75) is 6.30 Å². The van der Waals surface area contributed by atoms with Crippen molar-refractivity contribution in [3.63, 3.8) is 0 Å². The molecular weight excluding hydrogens is 245 g/mol. The van der Waals surface area contributed by atoms with Crippen molar-refractivity contribution in [1.29, 1.82) is 5.41 Å². The van der Waals surface area contributed by atoms with Gasteiger partial charge in [-0.1, -0.05) is 0 Å². The highest BCUT2D eigenvalue weighted by Crippen LogP contribution is 2.19. The second-order valence-electron chi connectivity index (χ2n) is 2.20.